The predicted octanol–water partition coefficient (Wildman–Crippen LogP) is 0.267. The molecule has 0 aromatic rings. The van der Waals surface area contributed by atoms with Crippen LogP contribution in [0.5, 0.6) is 0 Å². The molecule has 0 spiro atoms. The molecule has 0 aromatic heterocycles. The van der Waals surface area contributed by atoms with Gasteiger partial charge in [-0.3, -0.25) is 4.79 Å². The first-order valence-electron chi connectivity index (χ1n) is 5.39. The van der Waals surface area contributed by atoms with Gasteiger partial charge in [0.25, 0.3) is 5.91 Å². The van der Waals surface area contributed by atoms with Gasteiger partial charge in [-0.05, 0) is 13.3 Å². The van der Waals surface area contributed by atoms with Gasteiger partial charge in [0.2, 0.25) is 0 Å². The second-order valence-electron chi connectivity index (χ2n) is 4.08. The summed E-state index contributed by atoms with van der Waals surface area (Å²) in [5.74, 6) is -0.132. The third kappa shape index (κ3) is 4.08. The number of carbonyl (C=O) groups excluding carboxylic acids is 1. The highest BCUT2D eigenvalue weighted by molar-refractivity contribution is 5.84. The van der Waals surface area contributed by atoms with Gasteiger partial charge in [-0.25, -0.2) is 0 Å². The maximum atomic E-state index is 12.0. The largest absolute Gasteiger partial charge is 0.389 e. The van der Waals surface area contributed by atoms with Gasteiger partial charge >= 0.3 is 0 Å². The molecule has 5 nitrogen and oxygen atoms in total. The molecule has 96 valence electrons. The molecule has 0 aromatic carbocycles. The summed E-state index contributed by atoms with van der Waals surface area (Å²) in [6.45, 7) is 4.09. The van der Waals surface area contributed by atoms with Gasteiger partial charge in [0.1, 0.15) is 5.60 Å². The van der Waals surface area contributed by atoms with Crippen molar-refractivity contribution in [2.45, 2.75) is 32.0 Å². The lowest BCUT2D eigenvalue weighted by molar-refractivity contribution is -0.153. The van der Waals surface area contributed by atoms with Gasteiger partial charge in [0.15, 0.2) is 0 Å². The van der Waals surface area contributed by atoms with Crippen molar-refractivity contribution >= 4 is 5.91 Å². The van der Waals surface area contributed by atoms with Crippen LogP contribution in [0.1, 0.15) is 20.3 Å². The second kappa shape index (κ2) is 6.83. The van der Waals surface area contributed by atoms with E-state index in [1.165, 1.54) is 19.1 Å². The predicted molar refractivity (Wildman–Crippen MR) is 61.2 cm³/mol. The fourth-order valence-corrected chi connectivity index (χ4v) is 1.43. The van der Waals surface area contributed by atoms with Crippen LogP contribution in [0.3, 0.4) is 0 Å². The molecule has 0 heterocycles. The normalized spacial score (nSPS) is 16.6. The molecule has 0 aliphatic rings. The van der Waals surface area contributed by atoms with E-state index in [1.54, 1.807) is 14.0 Å². The molecular weight excluding hydrogens is 210 g/mol. The first-order valence-corrected chi connectivity index (χ1v) is 5.39. The minimum Gasteiger partial charge on any atom is -0.389 e. The van der Waals surface area contributed by atoms with Crippen molar-refractivity contribution in [3.63, 3.8) is 0 Å². The van der Waals surface area contributed by atoms with Gasteiger partial charge < -0.3 is 19.5 Å². The van der Waals surface area contributed by atoms with E-state index in [9.17, 15) is 9.90 Å². The summed E-state index contributed by atoms with van der Waals surface area (Å²) in [6.07, 6.45) is -0.0792. The average molecular weight is 233 g/mol. The molecule has 1 N–H and O–H groups in total. The third-order valence-electron chi connectivity index (χ3n) is 2.77. The lowest BCUT2D eigenvalue weighted by Gasteiger charge is -2.31. The Hall–Kier alpha value is -0.650. The van der Waals surface area contributed by atoms with Crippen LogP contribution < -0.4 is 0 Å². The molecule has 5 heteroatoms. The van der Waals surface area contributed by atoms with Crippen molar-refractivity contribution in [2.75, 3.05) is 34.4 Å². The van der Waals surface area contributed by atoms with Gasteiger partial charge in [-0.15, -0.1) is 0 Å². The molecule has 0 bridgehead atoms. The standard InChI is InChI=1S/C11H23NO4/c1-6-11(2,16-5)10(14)12(3)7-9(13)8-15-4/h9,13H,6-8H2,1-5H3. The summed E-state index contributed by atoms with van der Waals surface area (Å²) in [6, 6.07) is 0. The van der Waals surface area contributed by atoms with Crippen molar-refractivity contribution in [2.24, 2.45) is 0 Å². The molecule has 0 saturated heterocycles. The highest BCUT2D eigenvalue weighted by Crippen LogP contribution is 2.17. The lowest BCUT2D eigenvalue weighted by Crippen LogP contribution is -2.49. The van der Waals surface area contributed by atoms with Crippen LogP contribution in [-0.2, 0) is 14.3 Å². The monoisotopic (exact) mass is 233 g/mol. The second-order valence-corrected chi connectivity index (χ2v) is 4.08. The molecule has 0 saturated carbocycles. The maximum Gasteiger partial charge on any atom is 0.254 e. The fraction of sp³-hybridized carbons (Fsp3) is 0.909. The number of methoxy groups -OCH3 is 2. The third-order valence-corrected chi connectivity index (χ3v) is 2.77. The molecule has 0 aliphatic carbocycles. The minimum absolute atomic E-state index is 0.132. The lowest BCUT2D eigenvalue weighted by atomic mass is 10.0. The highest BCUT2D eigenvalue weighted by Gasteiger charge is 2.34. The van der Waals surface area contributed by atoms with Crippen LogP contribution in [0.4, 0.5) is 0 Å². The van der Waals surface area contributed by atoms with Gasteiger partial charge in [-0.2, -0.15) is 0 Å². The highest BCUT2D eigenvalue weighted by atomic mass is 16.5. The molecule has 0 radical (unpaired) electrons. The number of amides is 1. The first kappa shape index (κ1) is 15.3. The van der Waals surface area contributed by atoms with E-state index >= 15 is 0 Å². The van der Waals surface area contributed by atoms with Crippen LogP contribution in [0.15, 0.2) is 0 Å². The summed E-state index contributed by atoms with van der Waals surface area (Å²) in [5.41, 5.74) is -0.818. The van der Waals surface area contributed by atoms with E-state index in [4.69, 9.17) is 9.47 Å². The molecule has 2 unspecified atom stereocenters. The number of ether oxygens (including phenoxy) is 2. The van der Waals surface area contributed by atoms with Gasteiger partial charge in [0.05, 0.1) is 12.7 Å². The zero-order chi connectivity index (χ0) is 12.8. The van der Waals surface area contributed by atoms with Crippen molar-refractivity contribution in [1.82, 2.24) is 4.90 Å². The van der Waals surface area contributed by atoms with Crippen LogP contribution >= 0.6 is 0 Å². The Balaban J connectivity index is 4.37. The number of aliphatic hydroxyl groups excluding tert-OH is 1. The molecule has 0 fully saturated rings. The Bertz CT molecular complexity index is 216. The number of carbonyl (C=O) groups is 1. The van der Waals surface area contributed by atoms with Crippen LogP contribution in [0, 0.1) is 0 Å². The molecule has 1 amide bonds. The summed E-state index contributed by atoms with van der Waals surface area (Å²) in [7, 11) is 4.67. The van der Waals surface area contributed by atoms with Crippen molar-refractivity contribution in [3.05, 3.63) is 0 Å². The molecular formula is C11H23NO4. The van der Waals surface area contributed by atoms with Crippen LogP contribution in [0.25, 0.3) is 0 Å². The molecule has 16 heavy (non-hydrogen) atoms. The Morgan fingerprint density at radius 2 is 2.06 bits per heavy atom. The summed E-state index contributed by atoms with van der Waals surface area (Å²) in [4.78, 5) is 13.5. The minimum atomic E-state index is -0.818. The van der Waals surface area contributed by atoms with E-state index in [0.29, 0.717) is 6.42 Å². The van der Waals surface area contributed by atoms with Crippen molar-refractivity contribution < 1.29 is 19.4 Å². The molecule has 0 rings (SSSR count). The quantitative estimate of drug-likeness (QED) is 0.685. The zero-order valence-electron chi connectivity index (χ0n) is 10.8. The van der Waals surface area contributed by atoms with E-state index in [0.717, 1.165) is 0 Å². The first-order chi connectivity index (χ1) is 7.41. The fourth-order valence-electron chi connectivity index (χ4n) is 1.43. The van der Waals surface area contributed by atoms with Crippen LogP contribution in [-0.4, -0.2) is 62.0 Å². The SMILES string of the molecule is CCC(C)(OC)C(=O)N(C)CC(O)COC. The number of hydrogen-bond donors (Lipinski definition) is 1. The summed E-state index contributed by atoms with van der Waals surface area (Å²) in [5, 5.41) is 9.52. The Kier molecular flexibility index (Phi) is 6.55. The average Bonchev–Trinajstić information content (AvgIpc) is 2.27. The van der Waals surface area contributed by atoms with Gasteiger partial charge in [0, 0.05) is 27.8 Å². The zero-order valence-corrected chi connectivity index (χ0v) is 10.8. The van der Waals surface area contributed by atoms with E-state index in [2.05, 4.69) is 0 Å². The number of aliphatic hydroxyl groups is 1. The maximum absolute atomic E-state index is 12.0. The van der Waals surface area contributed by atoms with E-state index in [-0.39, 0.29) is 19.1 Å². The van der Waals surface area contributed by atoms with Gasteiger partial charge in [-0.1, -0.05) is 6.92 Å². The molecule has 0 aliphatic heterocycles. The number of nitrogens with zero attached hydrogens (tertiary/aromatic N) is 1. The smallest absolute Gasteiger partial charge is 0.254 e. The van der Waals surface area contributed by atoms with E-state index < -0.39 is 11.7 Å². The Morgan fingerprint density at radius 1 is 1.50 bits per heavy atom. The topological polar surface area (TPSA) is 59.0 Å². The Labute approximate surface area is 97.3 Å². The number of rotatable bonds is 7. The Morgan fingerprint density at radius 3 is 2.44 bits per heavy atom. The van der Waals surface area contributed by atoms with Crippen LogP contribution in [0.2, 0.25) is 0 Å². The van der Waals surface area contributed by atoms with E-state index in [1.807, 2.05) is 6.92 Å². The van der Waals surface area contributed by atoms with Crippen molar-refractivity contribution in [1.29, 1.82) is 0 Å². The number of likely N-dealkylation sites (N-methyl/N-ethyl adjacent to an activating group) is 1. The summed E-state index contributed by atoms with van der Waals surface area (Å²) < 4.78 is 10.0. The number of hydrogen-bond acceptors (Lipinski definition) is 4. The summed E-state index contributed by atoms with van der Waals surface area (Å²) >= 11 is 0. The molecule has 2 atom stereocenters. The van der Waals surface area contributed by atoms with Crippen molar-refractivity contribution in [3.8, 4) is 0 Å².